The van der Waals surface area contributed by atoms with Crippen molar-refractivity contribution in [1.82, 2.24) is 9.97 Å². The van der Waals surface area contributed by atoms with Gasteiger partial charge in [-0.25, -0.2) is 0 Å². The molecule has 0 fully saturated rings. The SMILES string of the molecule is Cc1cccc(-c2cnc3c(Cl)c[nH]c3c2)c1. The maximum Gasteiger partial charge on any atom is 0.107 e. The van der Waals surface area contributed by atoms with Crippen molar-refractivity contribution in [2.24, 2.45) is 0 Å². The van der Waals surface area contributed by atoms with Crippen molar-refractivity contribution < 1.29 is 0 Å². The van der Waals surface area contributed by atoms with E-state index in [0.29, 0.717) is 5.02 Å². The lowest BCUT2D eigenvalue weighted by Crippen LogP contribution is -1.82. The van der Waals surface area contributed by atoms with E-state index < -0.39 is 0 Å². The number of hydrogen-bond acceptors (Lipinski definition) is 1. The molecule has 0 saturated heterocycles. The zero-order valence-electron chi connectivity index (χ0n) is 9.37. The van der Waals surface area contributed by atoms with E-state index in [1.807, 2.05) is 6.20 Å². The highest BCUT2D eigenvalue weighted by Crippen LogP contribution is 2.26. The summed E-state index contributed by atoms with van der Waals surface area (Å²) in [5, 5.41) is 0.663. The van der Waals surface area contributed by atoms with Gasteiger partial charge in [-0.3, -0.25) is 4.98 Å². The van der Waals surface area contributed by atoms with Crippen LogP contribution in [0, 0.1) is 6.92 Å². The zero-order valence-corrected chi connectivity index (χ0v) is 10.1. The quantitative estimate of drug-likeness (QED) is 0.681. The molecule has 0 aliphatic rings. The average Bonchev–Trinajstić information content (AvgIpc) is 2.71. The van der Waals surface area contributed by atoms with E-state index in [2.05, 4.69) is 47.2 Å². The second-order valence-electron chi connectivity index (χ2n) is 4.13. The molecular formula is C14H11ClN2. The number of aromatic amines is 1. The third-order valence-corrected chi connectivity index (χ3v) is 3.11. The van der Waals surface area contributed by atoms with Gasteiger partial charge in [0, 0.05) is 18.0 Å². The van der Waals surface area contributed by atoms with Crippen LogP contribution < -0.4 is 0 Å². The molecule has 0 unspecified atom stereocenters. The van der Waals surface area contributed by atoms with Crippen LogP contribution in [0.3, 0.4) is 0 Å². The zero-order chi connectivity index (χ0) is 11.8. The third-order valence-electron chi connectivity index (χ3n) is 2.82. The van der Waals surface area contributed by atoms with Gasteiger partial charge in [-0.2, -0.15) is 0 Å². The fourth-order valence-corrected chi connectivity index (χ4v) is 2.16. The minimum absolute atomic E-state index is 0.663. The summed E-state index contributed by atoms with van der Waals surface area (Å²) in [6.07, 6.45) is 3.62. The Bertz CT molecular complexity index is 686. The Balaban J connectivity index is 2.18. The van der Waals surface area contributed by atoms with Crippen LogP contribution in [0.1, 0.15) is 5.56 Å². The maximum absolute atomic E-state index is 6.00. The van der Waals surface area contributed by atoms with Crippen LogP contribution in [-0.2, 0) is 0 Å². The van der Waals surface area contributed by atoms with Crippen LogP contribution >= 0.6 is 11.6 Å². The number of pyridine rings is 1. The van der Waals surface area contributed by atoms with Crippen LogP contribution in [0.25, 0.3) is 22.2 Å². The lowest BCUT2D eigenvalue weighted by atomic mass is 10.1. The number of fused-ring (bicyclic) bond motifs is 1. The molecule has 0 bridgehead atoms. The highest BCUT2D eigenvalue weighted by Gasteiger charge is 2.05. The Morgan fingerprint density at radius 2 is 2.06 bits per heavy atom. The highest BCUT2D eigenvalue weighted by molar-refractivity contribution is 6.35. The highest BCUT2D eigenvalue weighted by atomic mass is 35.5. The summed E-state index contributed by atoms with van der Waals surface area (Å²) < 4.78 is 0. The van der Waals surface area contributed by atoms with Gasteiger partial charge in [-0.1, -0.05) is 41.4 Å². The van der Waals surface area contributed by atoms with E-state index >= 15 is 0 Å². The Labute approximate surface area is 104 Å². The first kappa shape index (κ1) is 10.4. The molecule has 2 aromatic heterocycles. The Hall–Kier alpha value is -1.80. The summed E-state index contributed by atoms with van der Waals surface area (Å²) in [5.41, 5.74) is 5.30. The first-order chi connectivity index (χ1) is 8.24. The number of nitrogens with zero attached hydrogens (tertiary/aromatic N) is 1. The molecule has 0 amide bonds. The topological polar surface area (TPSA) is 28.7 Å². The summed E-state index contributed by atoms with van der Waals surface area (Å²) in [6, 6.07) is 10.4. The number of rotatable bonds is 1. The van der Waals surface area contributed by atoms with Gasteiger partial charge in [0.15, 0.2) is 0 Å². The first-order valence-electron chi connectivity index (χ1n) is 5.44. The van der Waals surface area contributed by atoms with Crippen molar-refractivity contribution in [3.8, 4) is 11.1 Å². The molecule has 3 aromatic rings. The van der Waals surface area contributed by atoms with Crippen molar-refractivity contribution in [1.29, 1.82) is 0 Å². The standard InChI is InChI=1S/C14H11ClN2/c1-9-3-2-4-10(5-9)11-6-13-14(17-7-11)12(15)8-16-13/h2-8,16H,1H3. The van der Waals surface area contributed by atoms with Gasteiger partial charge >= 0.3 is 0 Å². The van der Waals surface area contributed by atoms with Gasteiger partial charge in [-0.15, -0.1) is 0 Å². The van der Waals surface area contributed by atoms with E-state index in [9.17, 15) is 0 Å². The lowest BCUT2D eigenvalue weighted by molar-refractivity contribution is 1.39. The lowest BCUT2D eigenvalue weighted by Gasteiger charge is -2.02. The Morgan fingerprint density at radius 3 is 2.88 bits per heavy atom. The van der Waals surface area contributed by atoms with E-state index in [0.717, 1.165) is 16.6 Å². The van der Waals surface area contributed by atoms with Gasteiger partial charge < -0.3 is 4.98 Å². The van der Waals surface area contributed by atoms with Crippen LogP contribution in [0.5, 0.6) is 0 Å². The summed E-state index contributed by atoms with van der Waals surface area (Å²) in [5.74, 6) is 0. The summed E-state index contributed by atoms with van der Waals surface area (Å²) in [7, 11) is 0. The number of aryl methyl sites for hydroxylation is 1. The van der Waals surface area contributed by atoms with Crippen molar-refractivity contribution >= 4 is 22.6 Å². The number of halogens is 1. The van der Waals surface area contributed by atoms with Gasteiger partial charge in [0.2, 0.25) is 0 Å². The predicted octanol–water partition coefficient (Wildman–Crippen LogP) is 4.19. The number of hydrogen-bond donors (Lipinski definition) is 1. The molecule has 0 aliphatic carbocycles. The normalized spacial score (nSPS) is 10.9. The minimum atomic E-state index is 0.663. The van der Waals surface area contributed by atoms with Crippen LogP contribution in [0.2, 0.25) is 5.02 Å². The summed E-state index contributed by atoms with van der Waals surface area (Å²) in [6.45, 7) is 2.08. The van der Waals surface area contributed by atoms with E-state index in [-0.39, 0.29) is 0 Å². The van der Waals surface area contributed by atoms with E-state index in [1.54, 1.807) is 6.20 Å². The molecule has 3 rings (SSSR count). The molecular weight excluding hydrogens is 232 g/mol. The molecule has 2 heterocycles. The molecule has 0 saturated carbocycles. The smallest absolute Gasteiger partial charge is 0.107 e. The van der Waals surface area contributed by atoms with Crippen LogP contribution in [-0.4, -0.2) is 9.97 Å². The molecule has 0 spiro atoms. The number of benzene rings is 1. The summed E-state index contributed by atoms with van der Waals surface area (Å²) >= 11 is 6.00. The van der Waals surface area contributed by atoms with Crippen molar-refractivity contribution in [2.45, 2.75) is 6.92 Å². The number of H-pyrrole nitrogens is 1. The molecule has 0 radical (unpaired) electrons. The minimum Gasteiger partial charge on any atom is -0.358 e. The summed E-state index contributed by atoms with van der Waals surface area (Å²) in [4.78, 5) is 7.50. The van der Waals surface area contributed by atoms with E-state index in [4.69, 9.17) is 11.6 Å². The van der Waals surface area contributed by atoms with Crippen molar-refractivity contribution in [3.05, 3.63) is 53.3 Å². The molecule has 1 N–H and O–H groups in total. The van der Waals surface area contributed by atoms with Gasteiger partial charge in [0.05, 0.1) is 10.5 Å². The number of aromatic nitrogens is 2. The van der Waals surface area contributed by atoms with Crippen molar-refractivity contribution in [2.75, 3.05) is 0 Å². The molecule has 0 aliphatic heterocycles. The monoisotopic (exact) mass is 242 g/mol. The average molecular weight is 243 g/mol. The Morgan fingerprint density at radius 1 is 1.18 bits per heavy atom. The molecule has 0 atom stereocenters. The van der Waals surface area contributed by atoms with Gasteiger partial charge in [-0.05, 0) is 18.6 Å². The first-order valence-corrected chi connectivity index (χ1v) is 5.81. The van der Waals surface area contributed by atoms with Gasteiger partial charge in [0.1, 0.15) is 5.52 Å². The Kier molecular flexibility index (Phi) is 2.37. The molecule has 17 heavy (non-hydrogen) atoms. The fourth-order valence-electron chi connectivity index (χ4n) is 1.96. The molecule has 1 aromatic carbocycles. The third kappa shape index (κ3) is 1.81. The molecule has 3 heteroatoms. The predicted molar refractivity (Wildman–Crippen MR) is 71.3 cm³/mol. The fraction of sp³-hybridized carbons (Fsp3) is 0.0714. The second-order valence-corrected chi connectivity index (χ2v) is 4.53. The largest absolute Gasteiger partial charge is 0.358 e. The van der Waals surface area contributed by atoms with E-state index in [1.165, 1.54) is 11.1 Å². The van der Waals surface area contributed by atoms with Gasteiger partial charge in [0.25, 0.3) is 0 Å². The molecule has 2 nitrogen and oxygen atoms in total. The van der Waals surface area contributed by atoms with Crippen LogP contribution in [0.4, 0.5) is 0 Å². The maximum atomic E-state index is 6.00. The van der Waals surface area contributed by atoms with Crippen LogP contribution in [0.15, 0.2) is 42.7 Å². The van der Waals surface area contributed by atoms with Crippen molar-refractivity contribution in [3.63, 3.8) is 0 Å². The molecule has 84 valence electrons. The number of nitrogens with one attached hydrogen (secondary N) is 1. The second kappa shape index (κ2) is 3.90.